The minimum absolute atomic E-state index is 0.562. The van der Waals surface area contributed by atoms with E-state index in [1.54, 1.807) is 11.3 Å². The molecule has 0 N–H and O–H groups in total. The van der Waals surface area contributed by atoms with Gasteiger partial charge in [-0.15, -0.1) is 11.3 Å². The maximum atomic E-state index is 4.60. The predicted octanol–water partition coefficient (Wildman–Crippen LogP) is 5.01. The van der Waals surface area contributed by atoms with Crippen LogP contribution in [0.15, 0.2) is 46.8 Å². The van der Waals surface area contributed by atoms with Crippen molar-refractivity contribution in [1.29, 1.82) is 0 Å². The van der Waals surface area contributed by atoms with E-state index in [1.165, 1.54) is 10.4 Å². The third-order valence-electron chi connectivity index (χ3n) is 2.95. The van der Waals surface area contributed by atoms with Crippen LogP contribution in [0.5, 0.6) is 0 Å². The van der Waals surface area contributed by atoms with Gasteiger partial charge in [-0.1, -0.05) is 38.1 Å². The van der Waals surface area contributed by atoms with Crippen molar-refractivity contribution >= 4 is 23.2 Å². The normalized spacial score (nSPS) is 13.1. The van der Waals surface area contributed by atoms with Crippen LogP contribution in [0, 0.1) is 0 Å². The second kappa shape index (κ2) is 5.78. The standard InChI is InChI=1S/C15H17NS/c1-3-12(2)14-8-4-5-9-15(14)16-11-13-7-6-10-17-13/h4-12H,3H2,1-2H3. The van der Waals surface area contributed by atoms with Crippen molar-refractivity contribution in [1.82, 2.24) is 0 Å². The van der Waals surface area contributed by atoms with Gasteiger partial charge in [-0.25, -0.2) is 0 Å². The molecule has 1 unspecified atom stereocenters. The maximum Gasteiger partial charge on any atom is 0.0664 e. The molecule has 17 heavy (non-hydrogen) atoms. The lowest BCUT2D eigenvalue weighted by atomic mass is 9.97. The number of thiophene rings is 1. The second-order valence-electron chi connectivity index (χ2n) is 4.14. The molecule has 0 radical (unpaired) electrons. The first kappa shape index (κ1) is 12.1. The molecule has 1 heterocycles. The highest BCUT2D eigenvalue weighted by Gasteiger charge is 2.06. The van der Waals surface area contributed by atoms with E-state index in [0.29, 0.717) is 5.92 Å². The first-order valence-corrected chi connectivity index (χ1v) is 6.85. The van der Waals surface area contributed by atoms with E-state index >= 15 is 0 Å². The molecule has 1 aromatic carbocycles. The van der Waals surface area contributed by atoms with Crippen molar-refractivity contribution in [2.75, 3.05) is 0 Å². The number of aliphatic imine (C=N–C) groups is 1. The molecular weight excluding hydrogens is 226 g/mol. The summed E-state index contributed by atoms with van der Waals surface area (Å²) in [7, 11) is 0. The number of hydrogen-bond acceptors (Lipinski definition) is 2. The predicted molar refractivity (Wildman–Crippen MR) is 76.7 cm³/mol. The van der Waals surface area contributed by atoms with Gasteiger partial charge >= 0.3 is 0 Å². The second-order valence-corrected chi connectivity index (χ2v) is 5.12. The summed E-state index contributed by atoms with van der Waals surface area (Å²) in [4.78, 5) is 5.80. The Hall–Kier alpha value is -1.41. The quantitative estimate of drug-likeness (QED) is 0.669. The maximum absolute atomic E-state index is 4.60. The van der Waals surface area contributed by atoms with Crippen LogP contribution < -0.4 is 0 Å². The fraction of sp³-hybridized carbons (Fsp3) is 0.267. The zero-order chi connectivity index (χ0) is 12.1. The Labute approximate surface area is 107 Å². The summed E-state index contributed by atoms with van der Waals surface area (Å²) in [6.45, 7) is 4.46. The molecule has 0 aliphatic carbocycles. The molecule has 2 heteroatoms. The van der Waals surface area contributed by atoms with E-state index < -0.39 is 0 Å². The van der Waals surface area contributed by atoms with Crippen LogP contribution in [0.2, 0.25) is 0 Å². The van der Waals surface area contributed by atoms with Crippen LogP contribution in [-0.2, 0) is 0 Å². The smallest absolute Gasteiger partial charge is 0.0664 e. The molecule has 0 spiro atoms. The van der Waals surface area contributed by atoms with Crippen molar-refractivity contribution in [2.45, 2.75) is 26.2 Å². The Kier molecular flexibility index (Phi) is 4.10. The number of rotatable bonds is 4. The van der Waals surface area contributed by atoms with Gasteiger partial charge in [-0.3, -0.25) is 4.99 Å². The van der Waals surface area contributed by atoms with Crippen molar-refractivity contribution in [2.24, 2.45) is 4.99 Å². The molecule has 2 aromatic rings. The first-order valence-electron chi connectivity index (χ1n) is 5.97. The van der Waals surface area contributed by atoms with E-state index in [-0.39, 0.29) is 0 Å². The van der Waals surface area contributed by atoms with Crippen LogP contribution in [0.3, 0.4) is 0 Å². The number of benzene rings is 1. The molecule has 0 fully saturated rings. The van der Waals surface area contributed by atoms with Crippen LogP contribution in [-0.4, -0.2) is 6.21 Å². The highest BCUT2D eigenvalue weighted by Crippen LogP contribution is 2.28. The molecule has 0 amide bonds. The van der Waals surface area contributed by atoms with Gasteiger partial charge in [-0.2, -0.15) is 0 Å². The Morgan fingerprint density at radius 1 is 1.24 bits per heavy atom. The molecule has 2 rings (SSSR count). The summed E-state index contributed by atoms with van der Waals surface area (Å²) in [5, 5.41) is 2.07. The van der Waals surface area contributed by atoms with Crippen molar-refractivity contribution in [3.05, 3.63) is 52.2 Å². The summed E-state index contributed by atoms with van der Waals surface area (Å²) < 4.78 is 0. The number of para-hydroxylation sites is 1. The first-order chi connectivity index (χ1) is 8.31. The summed E-state index contributed by atoms with van der Waals surface area (Å²) in [5.41, 5.74) is 2.43. The van der Waals surface area contributed by atoms with E-state index in [2.05, 4.69) is 48.5 Å². The Morgan fingerprint density at radius 3 is 2.76 bits per heavy atom. The van der Waals surface area contributed by atoms with E-state index in [9.17, 15) is 0 Å². The Balaban J connectivity index is 2.26. The summed E-state index contributed by atoms with van der Waals surface area (Å²) in [6, 6.07) is 12.5. The van der Waals surface area contributed by atoms with Gasteiger partial charge in [0.25, 0.3) is 0 Å². The van der Waals surface area contributed by atoms with E-state index in [4.69, 9.17) is 0 Å². The fourth-order valence-electron chi connectivity index (χ4n) is 1.74. The van der Waals surface area contributed by atoms with Crippen LogP contribution in [0.4, 0.5) is 5.69 Å². The molecule has 1 atom stereocenters. The monoisotopic (exact) mass is 243 g/mol. The lowest BCUT2D eigenvalue weighted by Crippen LogP contribution is -1.91. The minimum Gasteiger partial charge on any atom is -0.255 e. The Morgan fingerprint density at radius 2 is 2.06 bits per heavy atom. The molecule has 1 nitrogen and oxygen atoms in total. The molecule has 88 valence electrons. The van der Waals surface area contributed by atoms with Crippen molar-refractivity contribution in [3.63, 3.8) is 0 Å². The molecule has 0 aliphatic rings. The van der Waals surface area contributed by atoms with Crippen molar-refractivity contribution < 1.29 is 0 Å². The topological polar surface area (TPSA) is 12.4 Å². The third-order valence-corrected chi connectivity index (χ3v) is 3.76. The van der Waals surface area contributed by atoms with Gasteiger partial charge in [-0.05, 0) is 35.4 Å². The van der Waals surface area contributed by atoms with Crippen LogP contribution in [0.25, 0.3) is 0 Å². The van der Waals surface area contributed by atoms with E-state index in [1.807, 2.05) is 18.3 Å². The van der Waals surface area contributed by atoms with E-state index in [0.717, 1.165) is 12.1 Å². The van der Waals surface area contributed by atoms with Crippen molar-refractivity contribution in [3.8, 4) is 0 Å². The molecular formula is C15H17NS. The van der Waals surface area contributed by atoms with Gasteiger partial charge in [0.2, 0.25) is 0 Å². The molecule has 0 bridgehead atoms. The summed E-state index contributed by atoms with van der Waals surface area (Å²) >= 11 is 1.71. The number of hydrogen-bond donors (Lipinski definition) is 0. The zero-order valence-electron chi connectivity index (χ0n) is 10.3. The number of nitrogens with zero attached hydrogens (tertiary/aromatic N) is 1. The average Bonchev–Trinajstić information content (AvgIpc) is 2.89. The third kappa shape index (κ3) is 3.04. The molecule has 0 saturated carbocycles. The van der Waals surface area contributed by atoms with Gasteiger partial charge < -0.3 is 0 Å². The van der Waals surface area contributed by atoms with Gasteiger partial charge in [0.15, 0.2) is 0 Å². The van der Waals surface area contributed by atoms with Gasteiger partial charge in [0.05, 0.1) is 5.69 Å². The van der Waals surface area contributed by atoms with Crippen LogP contribution in [0.1, 0.15) is 36.6 Å². The minimum atomic E-state index is 0.562. The van der Waals surface area contributed by atoms with Gasteiger partial charge in [0.1, 0.15) is 0 Å². The molecule has 1 aromatic heterocycles. The van der Waals surface area contributed by atoms with Crippen LogP contribution >= 0.6 is 11.3 Å². The molecule has 0 aliphatic heterocycles. The zero-order valence-corrected chi connectivity index (χ0v) is 11.1. The lowest BCUT2D eigenvalue weighted by molar-refractivity contribution is 0.734. The molecule has 0 saturated heterocycles. The lowest BCUT2D eigenvalue weighted by Gasteiger charge is -2.11. The summed E-state index contributed by atoms with van der Waals surface area (Å²) in [5.74, 6) is 0.562. The summed E-state index contributed by atoms with van der Waals surface area (Å²) in [6.07, 6.45) is 3.09. The fourth-order valence-corrected chi connectivity index (χ4v) is 2.32. The largest absolute Gasteiger partial charge is 0.255 e. The SMILES string of the molecule is CCC(C)c1ccccc1N=Cc1cccs1. The highest BCUT2D eigenvalue weighted by molar-refractivity contribution is 7.11. The Bertz CT molecular complexity index is 485. The average molecular weight is 243 g/mol. The highest BCUT2D eigenvalue weighted by atomic mass is 32.1. The van der Waals surface area contributed by atoms with Gasteiger partial charge in [0, 0.05) is 11.1 Å².